The fourth-order valence-corrected chi connectivity index (χ4v) is 6.60. The van der Waals surface area contributed by atoms with Gasteiger partial charge >= 0.3 is 5.91 Å². The fraction of sp³-hybridized carbons (Fsp3) is 0.219. The number of ketones is 1. The summed E-state index contributed by atoms with van der Waals surface area (Å²) in [5.74, 6) is -0.333. The number of carbonyl (C=O) groups is 2. The Kier molecular flexibility index (Phi) is 6.43. The van der Waals surface area contributed by atoms with E-state index in [0.717, 1.165) is 32.7 Å². The van der Waals surface area contributed by atoms with Crippen LogP contribution < -0.4 is 14.4 Å². The summed E-state index contributed by atoms with van der Waals surface area (Å²) >= 11 is 1.35. The average molecular weight is 553 g/mol. The van der Waals surface area contributed by atoms with Crippen molar-refractivity contribution in [3.8, 4) is 11.5 Å². The smallest absolute Gasteiger partial charge is 0.301 e. The van der Waals surface area contributed by atoms with Gasteiger partial charge in [-0.1, -0.05) is 42.2 Å². The van der Waals surface area contributed by atoms with E-state index in [1.54, 1.807) is 42.5 Å². The molecule has 202 valence electrons. The normalized spacial score (nSPS) is 19.6. The minimum absolute atomic E-state index is 0.0174. The Morgan fingerprint density at radius 3 is 2.70 bits per heavy atom. The summed E-state index contributed by atoms with van der Waals surface area (Å²) in [6, 6.07) is 15.7. The van der Waals surface area contributed by atoms with Crippen molar-refractivity contribution in [3.63, 3.8) is 0 Å². The maximum Gasteiger partial charge on any atom is 0.301 e. The number of aryl methyl sites for hydroxylation is 2. The van der Waals surface area contributed by atoms with Gasteiger partial charge in [0.2, 0.25) is 0 Å². The average Bonchev–Trinajstić information content (AvgIpc) is 3.60. The number of thiazole rings is 1. The predicted octanol–water partition coefficient (Wildman–Crippen LogP) is 6.43. The van der Waals surface area contributed by atoms with Crippen molar-refractivity contribution in [2.24, 2.45) is 0 Å². The van der Waals surface area contributed by atoms with Crippen LogP contribution in [0.25, 0.3) is 16.0 Å². The quantitative estimate of drug-likeness (QED) is 0.128. The molecule has 8 heteroatoms. The van der Waals surface area contributed by atoms with Crippen molar-refractivity contribution in [1.82, 2.24) is 4.98 Å². The lowest BCUT2D eigenvalue weighted by atomic mass is 9.94. The van der Waals surface area contributed by atoms with Crippen LogP contribution in [0.4, 0.5) is 5.13 Å². The largest absolute Gasteiger partial charge is 0.507 e. The molecule has 3 aromatic carbocycles. The molecule has 6 rings (SSSR count). The summed E-state index contributed by atoms with van der Waals surface area (Å²) in [6.07, 6.45) is 2.39. The predicted molar refractivity (Wildman–Crippen MR) is 156 cm³/mol. The number of rotatable bonds is 6. The highest BCUT2D eigenvalue weighted by Gasteiger charge is 2.48. The van der Waals surface area contributed by atoms with Gasteiger partial charge in [0.1, 0.15) is 30.0 Å². The Hall–Kier alpha value is -4.43. The molecule has 0 aliphatic carbocycles. The summed E-state index contributed by atoms with van der Waals surface area (Å²) in [5.41, 5.74) is 4.94. The van der Waals surface area contributed by atoms with E-state index in [1.807, 2.05) is 39.0 Å². The molecule has 0 spiro atoms. The summed E-state index contributed by atoms with van der Waals surface area (Å²) in [4.78, 5) is 33.5. The highest BCUT2D eigenvalue weighted by Crippen LogP contribution is 2.45. The molecule has 1 fully saturated rings. The summed E-state index contributed by atoms with van der Waals surface area (Å²) in [6.45, 7) is 9.99. The molecule has 0 saturated carbocycles. The topological polar surface area (TPSA) is 89.0 Å². The number of aliphatic hydroxyl groups is 1. The van der Waals surface area contributed by atoms with Crippen molar-refractivity contribution in [2.75, 3.05) is 11.5 Å². The van der Waals surface area contributed by atoms with Crippen LogP contribution >= 0.6 is 11.3 Å². The first-order chi connectivity index (χ1) is 19.2. The molecule has 2 aliphatic rings. The van der Waals surface area contributed by atoms with Crippen LogP contribution in [0.15, 0.2) is 72.8 Å². The second kappa shape index (κ2) is 9.95. The number of aromatic nitrogens is 1. The molecule has 1 aromatic heterocycles. The maximum atomic E-state index is 13.6. The van der Waals surface area contributed by atoms with Crippen LogP contribution in [0, 0.1) is 13.8 Å². The lowest BCUT2D eigenvalue weighted by Crippen LogP contribution is -2.29. The minimum atomic E-state index is -0.876. The molecular formula is C32H28N2O5S. The van der Waals surface area contributed by atoms with Crippen LogP contribution in [-0.4, -0.2) is 34.5 Å². The SMILES string of the molecule is C=CCOc1ccc(C2C(=C(O)c3ccc4c(c3)CC(C)O4)C(=O)C(=O)N2c2nc3c(C)cc(C)cc3s2)cc1. The number of hydrogen-bond donors (Lipinski definition) is 1. The minimum Gasteiger partial charge on any atom is -0.507 e. The number of aliphatic hydroxyl groups excluding tert-OH is 1. The number of nitrogens with zero attached hydrogens (tertiary/aromatic N) is 2. The molecule has 7 nitrogen and oxygen atoms in total. The molecule has 1 saturated heterocycles. The van der Waals surface area contributed by atoms with Gasteiger partial charge < -0.3 is 14.6 Å². The number of fused-ring (bicyclic) bond motifs is 2. The Morgan fingerprint density at radius 2 is 1.95 bits per heavy atom. The number of Topliss-reactive ketones (excluding diaryl/α,β-unsaturated/α-hetero) is 1. The molecule has 2 aliphatic heterocycles. The van der Waals surface area contributed by atoms with Gasteiger partial charge in [0.15, 0.2) is 5.13 Å². The summed E-state index contributed by atoms with van der Waals surface area (Å²) in [5, 5.41) is 12.0. The van der Waals surface area contributed by atoms with Crippen LogP contribution in [0.1, 0.15) is 40.8 Å². The van der Waals surface area contributed by atoms with E-state index >= 15 is 0 Å². The van der Waals surface area contributed by atoms with Crippen LogP contribution in [-0.2, 0) is 16.0 Å². The van der Waals surface area contributed by atoms with Crippen LogP contribution in [0.5, 0.6) is 11.5 Å². The maximum absolute atomic E-state index is 13.6. The van der Waals surface area contributed by atoms with E-state index in [9.17, 15) is 14.7 Å². The molecular weight excluding hydrogens is 524 g/mol. The Labute approximate surface area is 236 Å². The highest BCUT2D eigenvalue weighted by atomic mass is 32.1. The number of anilines is 1. The Bertz CT molecular complexity index is 1720. The van der Waals surface area contributed by atoms with E-state index in [1.165, 1.54) is 16.2 Å². The van der Waals surface area contributed by atoms with Gasteiger partial charge in [-0.15, -0.1) is 0 Å². The standard InChI is InChI=1S/C32H28N2O5S/c1-5-12-38-23-9-6-20(7-10-23)28-26(29(35)21-8-11-24-22(16-21)15-19(4)39-24)30(36)31(37)34(28)32-33-27-18(3)13-17(2)14-25(27)40-32/h5-11,13-14,16,19,28,35H,1,12,15H2,2-4H3. The highest BCUT2D eigenvalue weighted by molar-refractivity contribution is 7.22. The van der Waals surface area contributed by atoms with Gasteiger partial charge in [-0.2, -0.15) is 0 Å². The molecule has 2 atom stereocenters. The molecule has 4 aromatic rings. The lowest BCUT2D eigenvalue weighted by Gasteiger charge is -2.23. The summed E-state index contributed by atoms with van der Waals surface area (Å²) in [7, 11) is 0. The lowest BCUT2D eigenvalue weighted by molar-refractivity contribution is -0.132. The molecule has 40 heavy (non-hydrogen) atoms. The molecule has 1 amide bonds. The molecule has 0 radical (unpaired) electrons. The second-order valence-electron chi connectivity index (χ2n) is 10.2. The number of amides is 1. The van der Waals surface area contributed by atoms with Crippen molar-refractivity contribution >= 4 is 44.1 Å². The summed E-state index contributed by atoms with van der Waals surface area (Å²) < 4.78 is 12.4. The van der Waals surface area contributed by atoms with Gasteiger partial charge in [0.05, 0.1) is 21.8 Å². The number of benzene rings is 3. The van der Waals surface area contributed by atoms with Gasteiger partial charge in [0, 0.05) is 12.0 Å². The third-order valence-corrected chi connectivity index (χ3v) is 8.20. The zero-order valence-electron chi connectivity index (χ0n) is 22.4. The first kappa shape index (κ1) is 25.8. The van der Waals surface area contributed by atoms with Crippen molar-refractivity contribution < 1.29 is 24.2 Å². The monoisotopic (exact) mass is 552 g/mol. The third-order valence-electron chi connectivity index (χ3n) is 7.20. The van der Waals surface area contributed by atoms with Gasteiger partial charge in [-0.25, -0.2) is 4.98 Å². The van der Waals surface area contributed by atoms with Crippen molar-refractivity contribution in [1.29, 1.82) is 0 Å². The Morgan fingerprint density at radius 1 is 1.18 bits per heavy atom. The molecule has 3 heterocycles. The van der Waals surface area contributed by atoms with Crippen LogP contribution in [0.2, 0.25) is 0 Å². The molecule has 2 unspecified atom stereocenters. The first-order valence-corrected chi connectivity index (χ1v) is 13.9. The third kappa shape index (κ3) is 4.34. The van der Waals surface area contributed by atoms with E-state index in [-0.39, 0.29) is 17.4 Å². The van der Waals surface area contributed by atoms with E-state index in [4.69, 9.17) is 14.5 Å². The van der Waals surface area contributed by atoms with Gasteiger partial charge in [-0.05, 0) is 79.4 Å². The molecule has 0 bridgehead atoms. The van der Waals surface area contributed by atoms with Crippen LogP contribution in [0.3, 0.4) is 0 Å². The number of ether oxygens (including phenoxy) is 2. The number of carbonyl (C=O) groups excluding carboxylic acids is 2. The van der Waals surface area contributed by atoms with Gasteiger partial charge in [0.25, 0.3) is 5.78 Å². The zero-order chi connectivity index (χ0) is 28.1. The fourth-order valence-electron chi connectivity index (χ4n) is 5.43. The second-order valence-corrected chi connectivity index (χ2v) is 11.2. The van der Waals surface area contributed by atoms with Gasteiger partial charge in [-0.3, -0.25) is 14.5 Å². The van der Waals surface area contributed by atoms with E-state index in [2.05, 4.69) is 6.58 Å². The van der Waals surface area contributed by atoms with E-state index in [0.29, 0.717) is 35.0 Å². The van der Waals surface area contributed by atoms with E-state index < -0.39 is 17.7 Å². The van der Waals surface area contributed by atoms with Crippen molar-refractivity contribution in [2.45, 2.75) is 39.3 Å². The first-order valence-electron chi connectivity index (χ1n) is 13.1. The van der Waals surface area contributed by atoms with Crippen molar-refractivity contribution in [3.05, 3.63) is 101 Å². The molecule has 1 N–H and O–H groups in total. The number of hydrogen-bond acceptors (Lipinski definition) is 7. The Balaban J connectivity index is 1.51. The zero-order valence-corrected chi connectivity index (χ0v) is 23.2.